The van der Waals surface area contributed by atoms with Crippen molar-refractivity contribution >= 4 is 17.4 Å². The molecule has 106 valence electrons. The molecule has 1 rings (SSSR count). The summed E-state index contributed by atoms with van der Waals surface area (Å²) in [5, 5.41) is 0.635. The van der Waals surface area contributed by atoms with Crippen LogP contribution < -0.4 is 0 Å². The second-order valence-corrected chi connectivity index (χ2v) is 6.91. The molecule has 1 aromatic carbocycles. The lowest BCUT2D eigenvalue weighted by Crippen LogP contribution is -2.21. The van der Waals surface area contributed by atoms with Crippen molar-refractivity contribution in [1.82, 2.24) is 0 Å². The Morgan fingerprint density at radius 3 is 2.53 bits per heavy atom. The standard InChI is InChI=1S/C17H25ClO/c1-5-6-8-14(12-17(2,3)4)16(19)13-9-7-10-15(18)11-13/h7,9-11,14H,5-6,8,12H2,1-4H3. The third kappa shape index (κ3) is 5.78. The zero-order valence-electron chi connectivity index (χ0n) is 12.5. The van der Waals surface area contributed by atoms with Crippen molar-refractivity contribution in [3.63, 3.8) is 0 Å². The van der Waals surface area contributed by atoms with Crippen LogP contribution in [0.4, 0.5) is 0 Å². The Balaban J connectivity index is 2.87. The third-order valence-electron chi connectivity index (χ3n) is 3.24. The Hall–Kier alpha value is -0.820. The molecule has 2 heteroatoms. The fourth-order valence-corrected chi connectivity index (χ4v) is 2.58. The quantitative estimate of drug-likeness (QED) is 0.605. The van der Waals surface area contributed by atoms with E-state index in [0.717, 1.165) is 31.2 Å². The number of hydrogen-bond donors (Lipinski definition) is 0. The van der Waals surface area contributed by atoms with Gasteiger partial charge in [-0.2, -0.15) is 0 Å². The van der Waals surface area contributed by atoms with Crippen LogP contribution in [0.1, 0.15) is 63.7 Å². The van der Waals surface area contributed by atoms with E-state index in [1.165, 1.54) is 0 Å². The van der Waals surface area contributed by atoms with Crippen LogP contribution in [-0.4, -0.2) is 5.78 Å². The van der Waals surface area contributed by atoms with E-state index >= 15 is 0 Å². The molecular formula is C17H25ClO. The van der Waals surface area contributed by atoms with Crippen LogP contribution in [0.5, 0.6) is 0 Å². The van der Waals surface area contributed by atoms with Crippen molar-refractivity contribution in [2.45, 2.75) is 53.4 Å². The van der Waals surface area contributed by atoms with E-state index in [9.17, 15) is 4.79 Å². The van der Waals surface area contributed by atoms with Crippen molar-refractivity contribution in [1.29, 1.82) is 0 Å². The number of Topliss-reactive ketones (excluding diaryl/α,β-unsaturated/α-hetero) is 1. The molecular weight excluding hydrogens is 256 g/mol. The minimum absolute atomic E-state index is 0.110. The van der Waals surface area contributed by atoms with Gasteiger partial charge in [0, 0.05) is 16.5 Å². The fourth-order valence-electron chi connectivity index (χ4n) is 2.39. The van der Waals surface area contributed by atoms with Gasteiger partial charge in [0.05, 0.1) is 0 Å². The number of rotatable bonds is 6. The first-order valence-electron chi connectivity index (χ1n) is 7.13. The van der Waals surface area contributed by atoms with Crippen LogP contribution in [-0.2, 0) is 0 Å². The maximum absolute atomic E-state index is 12.6. The molecule has 0 N–H and O–H groups in total. The predicted octanol–water partition coefficient (Wildman–Crippen LogP) is 5.77. The smallest absolute Gasteiger partial charge is 0.166 e. The zero-order valence-corrected chi connectivity index (χ0v) is 13.3. The highest BCUT2D eigenvalue weighted by atomic mass is 35.5. The molecule has 0 saturated heterocycles. The molecule has 1 atom stereocenters. The summed E-state index contributed by atoms with van der Waals surface area (Å²) in [6.07, 6.45) is 4.13. The minimum atomic E-state index is 0.110. The largest absolute Gasteiger partial charge is 0.294 e. The molecule has 0 bridgehead atoms. The Morgan fingerprint density at radius 2 is 2.00 bits per heavy atom. The molecule has 0 radical (unpaired) electrons. The van der Waals surface area contributed by atoms with Crippen molar-refractivity contribution in [2.75, 3.05) is 0 Å². The van der Waals surface area contributed by atoms with Gasteiger partial charge in [0.25, 0.3) is 0 Å². The first kappa shape index (κ1) is 16.2. The maximum atomic E-state index is 12.6. The molecule has 0 aliphatic rings. The average molecular weight is 281 g/mol. The fraction of sp³-hybridized carbons (Fsp3) is 0.588. The van der Waals surface area contributed by atoms with E-state index in [1.54, 1.807) is 6.07 Å². The molecule has 0 saturated carbocycles. The molecule has 0 aliphatic carbocycles. The van der Waals surface area contributed by atoms with Gasteiger partial charge in [0.15, 0.2) is 5.78 Å². The van der Waals surface area contributed by atoms with Crippen LogP contribution in [0.2, 0.25) is 5.02 Å². The summed E-state index contributed by atoms with van der Waals surface area (Å²) in [7, 11) is 0. The highest BCUT2D eigenvalue weighted by molar-refractivity contribution is 6.31. The van der Waals surface area contributed by atoms with Gasteiger partial charge in [-0.3, -0.25) is 4.79 Å². The number of halogens is 1. The van der Waals surface area contributed by atoms with Gasteiger partial charge in [-0.25, -0.2) is 0 Å². The summed E-state index contributed by atoms with van der Waals surface area (Å²) in [5.74, 6) is 0.351. The highest BCUT2D eigenvalue weighted by Gasteiger charge is 2.25. The number of unbranched alkanes of at least 4 members (excludes halogenated alkanes) is 1. The van der Waals surface area contributed by atoms with E-state index in [-0.39, 0.29) is 17.1 Å². The summed E-state index contributed by atoms with van der Waals surface area (Å²) in [6.45, 7) is 8.74. The summed E-state index contributed by atoms with van der Waals surface area (Å²) < 4.78 is 0. The Labute approximate surface area is 122 Å². The lowest BCUT2D eigenvalue weighted by atomic mass is 9.79. The highest BCUT2D eigenvalue weighted by Crippen LogP contribution is 2.30. The first-order valence-corrected chi connectivity index (χ1v) is 7.51. The van der Waals surface area contributed by atoms with E-state index in [1.807, 2.05) is 18.2 Å². The van der Waals surface area contributed by atoms with E-state index < -0.39 is 0 Å². The third-order valence-corrected chi connectivity index (χ3v) is 3.48. The second kappa shape index (κ2) is 7.09. The molecule has 0 spiro atoms. The van der Waals surface area contributed by atoms with Crippen LogP contribution in [0.15, 0.2) is 24.3 Å². The van der Waals surface area contributed by atoms with Crippen LogP contribution in [0.25, 0.3) is 0 Å². The van der Waals surface area contributed by atoms with E-state index in [0.29, 0.717) is 5.02 Å². The Bertz CT molecular complexity index is 418. The Kier molecular flexibility index (Phi) is 6.06. The molecule has 19 heavy (non-hydrogen) atoms. The topological polar surface area (TPSA) is 17.1 Å². The molecule has 1 nitrogen and oxygen atoms in total. The van der Waals surface area contributed by atoms with E-state index in [2.05, 4.69) is 27.7 Å². The molecule has 0 amide bonds. The SMILES string of the molecule is CCCCC(CC(C)(C)C)C(=O)c1cccc(Cl)c1. The van der Waals surface area contributed by atoms with Gasteiger partial charge in [0.2, 0.25) is 0 Å². The van der Waals surface area contributed by atoms with Gasteiger partial charge in [-0.15, -0.1) is 0 Å². The van der Waals surface area contributed by atoms with Crippen LogP contribution >= 0.6 is 11.6 Å². The van der Waals surface area contributed by atoms with Crippen molar-refractivity contribution in [3.8, 4) is 0 Å². The lowest BCUT2D eigenvalue weighted by molar-refractivity contribution is 0.0872. The summed E-state index contributed by atoms with van der Waals surface area (Å²) in [4.78, 5) is 12.6. The number of carbonyl (C=O) groups excluding carboxylic acids is 1. The summed E-state index contributed by atoms with van der Waals surface area (Å²) >= 11 is 5.98. The van der Waals surface area contributed by atoms with Gasteiger partial charge >= 0.3 is 0 Å². The van der Waals surface area contributed by atoms with Crippen molar-refractivity contribution in [3.05, 3.63) is 34.9 Å². The zero-order chi connectivity index (χ0) is 14.5. The summed E-state index contributed by atoms with van der Waals surface area (Å²) in [5.41, 5.74) is 0.921. The molecule has 0 aromatic heterocycles. The van der Waals surface area contributed by atoms with Gasteiger partial charge in [-0.1, -0.05) is 64.3 Å². The Morgan fingerprint density at radius 1 is 1.32 bits per heavy atom. The molecule has 0 heterocycles. The predicted molar refractivity (Wildman–Crippen MR) is 82.9 cm³/mol. The van der Waals surface area contributed by atoms with Gasteiger partial charge in [-0.05, 0) is 30.4 Å². The van der Waals surface area contributed by atoms with Gasteiger partial charge in [0.1, 0.15) is 0 Å². The average Bonchev–Trinajstić information content (AvgIpc) is 2.32. The normalized spacial score (nSPS) is 13.3. The monoisotopic (exact) mass is 280 g/mol. The van der Waals surface area contributed by atoms with Crippen LogP contribution in [0, 0.1) is 11.3 Å². The van der Waals surface area contributed by atoms with Crippen LogP contribution in [0.3, 0.4) is 0 Å². The van der Waals surface area contributed by atoms with Crippen molar-refractivity contribution < 1.29 is 4.79 Å². The molecule has 1 unspecified atom stereocenters. The molecule has 0 fully saturated rings. The van der Waals surface area contributed by atoms with Crippen molar-refractivity contribution in [2.24, 2.45) is 11.3 Å². The molecule has 1 aromatic rings. The van der Waals surface area contributed by atoms with Gasteiger partial charge < -0.3 is 0 Å². The first-order chi connectivity index (χ1) is 8.83. The lowest BCUT2D eigenvalue weighted by Gasteiger charge is -2.25. The minimum Gasteiger partial charge on any atom is -0.294 e. The second-order valence-electron chi connectivity index (χ2n) is 6.48. The summed E-state index contributed by atoms with van der Waals surface area (Å²) in [6, 6.07) is 7.31. The maximum Gasteiger partial charge on any atom is 0.166 e. The van der Waals surface area contributed by atoms with E-state index in [4.69, 9.17) is 11.6 Å². The number of ketones is 1. The number of benzene rings is 1. The molecule has 0 aliphatic heterocycles. The number of hydrogen-bond acceptors (Lipinski definition) is 1. The number of carbonyl (C=O) groups is 1.